The van der Waals surface area contributed by atoms with Crippen LogP contribution in [0.1, 0.15) is 117 Å². The zero-order valence-electron chi connectivity index (χ0n) is 39.6. The molecular formula is C54H64O6P2. The second kappa shape index (κ2) is 19.5. The van der Waals surface area contributed by atoms with E-state index in [2.05, 4.69) is 132 Å². The Hall–Kier alpha value is -5.15. The standard InChI is InChI=1S/C30H37O3P.C24H27O3P/c1-16(2)24-14-19(6)22(9)27-28-23(10)20(7)15-25(17(3)4)30(28)33-34(32-29(24)27)31-26-12-11-18(5)13-21(26)8;1-16-7-10-22(19(4)13-16)25-28(26-23-11-8-17(2)14-20(23)5)27-24-12-9-18(3)15-21(24)6/h11-17H,1-10H3;7-15H,1-6H3. The van der Waals surface area contributed by atoms with Gasteiger partial charge in [0.25, 0.3) is 0 Å². The smallest absolute Gasteiger partial charge is 0.408 e. The van der Waals surface area contributed by atoms with Crippen molar-refractivity contribution in [3.05, 3.63) is 163 Å². The van der Waals surface area contributed by atoms with E-state index < -0.39 is 16.8 Å². The molecule has 0 spiro atoms. The molecule has 0 aliphatic rings. The highest BCUT2D eigenvalue weighted by atomic mass is 31.2. The number of hydrogen-bond donors (Lipinski definition) is 0. The van der Waals surface area contributed by atoms with Crippen LogP contribution in [0.4, 0.5) is 0 Å². The van der Waals surface area contributed by atoms with Crippen LogP contribution in [0.3, 0.4) is 0 Å². The average molecular weight is 871 g/mol. The minimum absolute atomic E-state index is 0.308. The molecule has 0 bridgehead atoms. The van der Waals surface area contributed by atoms with Gasteiger partial charge in [-0.1, -0.05) is 111 Å². The van der Waals surface area contributed by atoms with Crippen molar-refractivity contribution in [2.75, 3.05) is 0 Å². The summed E-state index contributed by atoms with van der Waals surface area (Å²) in [6.45, 7) is 34.1. The van der Waals surface area contributed by atoms with Gasteiger partial charge in [-0.2, -0.15) is 0 Å². The lowest BCUT2D eigenvalue weighted by atomic mass is 9.89. The first kappa shape index (κ1) is 46.4. The molecule has 0 N–H and O–H groups in total. The minimum Gasteiger partial charge on any atom is -0.408 e. The van der Waals surface area contributed by atoms with Crippen molar-refractivity contribution in [3.63, 3.8) is 0 Å². The van der Waals surface area contributed by atoms with Gasteiger partial charge in [0, 0.05) is 10.8 Å². The van der Waals surface area contributed by atoms with Crippen LogP contribution in [-0.2, 0) is 0 Å². The molecule has 0 amide bonds. The van der Waals surface area contributed by atoms with Gasteiger partial charge in [-0.05, 0) is 175 Å². The van der Waals surface area contributed by atoms with Crippen molar-refractivity contribution in [3.8, 4) is 23.0 Å². The second-order valence-corrected chi connectivity index (χ2v) is 19.6. The zero-order valence-corrected chi connectivity index (χ0v) is 41.4. The van der Waals surface area contributed by atoms with Crippen LogP contribution in [0.25, 0.3) is 21.9 Å². The summed E-state index contributed by atoms with van der Waals surface area (Å²) in [6, 6.07) is 29.0. The molecule has 0 aliphatic carbocycles. The molecule has 1 heterocycles. The Kier molecular flexibility index (Phi) is 14.6. The van der Waals surface area contributed by atoms with Crippen LogP contribution in [0.5, 0.6) is 23.0 Å². The summed E-state index contributed by atoms with van der Waals surface area (Å²) in [6.07, 6.45) is 0. The Labute approximate surface area is 372 Å². The van der Waals surface area contributed by atoms with E-state index in [4.69, 9.17) is 26.5 Å². The molecule has 0 saturated carbocycles. The fourth-order valence-corrected chi connectivity index (χ4v) is 10.1. The lowest BCUT2D eigenvalue weighted by molar-refractivity contribution is 0.385. The number of hydrogen-bond acceptors (Lipinski definition) is 6. The highest BCUT2D eigenvalue weighted by Gasteiger charge is 2.24. The van der Waals surface area contributed by atoms with Gasteiger partial charge in [0.05, 0.1) is 0 Å². The van der Waals surface area contributed by atoms with E-state index >= 15 is 0 Å². The van der Waals surface area contributed by atoms with E-state index in [1.165, 1.54) is 55.6 Å². The third kappa shape index (κ3) is 10.5. The molecule has 0 saturated heterocycles. The van der Waals surface area contributed by atoms with E-state index in [0.29, 0.717) is 11.8 Å². The van der Waals surface area contributed by atoms with E-state index in [1.54, 1.807) is 0 Å². The number of fused-ring (bicyclic) bond motifs is 3. The van der Waals surface area contributed by atoms with Crippen molar-refractivity contribution in [1.82, 2.24) is 0 Å². The SMILES string of the molecule is Cc1ccc(OP(Oc2ccc(C)cc2C)Oc2ccc(C)cc2C)c(C)c1.Cc1ccc(Op2oc3c(C(C)C)cc(C)c(C)c3c3c(C)c(C)cc(C(C)C)c3o2)c(C)c1. The highest BCUT2D eigenvalue weighted by Crippen LogP contribution is 2.47. The van der Waals surface area contributed by atoms with Crippen LogP contribution in [-0.4, -0.2) is 0 Å². The Morgan fingerprint density at radius 3 is 1.00 bits per heavy atom. The maximum Gasteiger partial charge on any atom is 0.530 e. The molecule has 6 aromatic carbocycles. The fourth-order valence-electron chi connectivity index (χ4n) is 7.68. The monoisotopic (exact) mass is 870 g/mol. The molecule has 0 radical (unpaired) electrons. The summed E-state index contributed by atoms with van der Waals surface area (Å²) in [5.74, 6) is 3.72. The van der Waals surface area contributed by atoms with Gasteiger partial charge in [0.2, 0.25) is 0 Å². The first-order valence-electron chi connectivity index (χ1n) is 21.6. The van der Waals surface area contributed by atoms with Crippen molar-refractivity contribution in [2.24, 2.45) is 0 Å². The third-order valence-electron chi connectivity index (χ3n) is 11.5. The minimum atomic E-state index is -1.70. The summed E-state index contributed by atoms with van der Waals surface area (Å²) in [5.41, 5.74) is 18.2. The summed E-state index contributed by atoms with van der Waals surface area (Å²) < 4.78 is 38.5. The molecule has 7 aromatic rings. The number of benzene rings is 6. The topological polar surface area (TPSA) is 63.2 Å². The molecule has 0 aliphatic heterocycles. The molecule has 326 valence electrons. The highest BCUT2D eigenvalue weighted by molar-refractivity contribution is 7.43. The van der Waals surface area contributed by atoms with Crippen LogP contribution in [0.2, 0.25) is 0 Å². The maximum atomic E-state index is 6.71. The van der Waals surface area contributed by atoms with Gasteiger partial charge in [0.15, 0.2) is 0 Å². The summed E-state index contributed by atoms with van der Waals surface area (Å²) in [4.78, 5) is 0. The third-order valence-corrected chi connectivity index (χ3v) is 13.5. The Bertz CT molecular complexity index is 2590. The van der Waals surface area contributed by atoms with Crippen molar-refractivity contribution >= 4 is 38.8 Å². The normalized spacial score (nSPS) is 11.3. The molecule has 0 atom stereocenters. The Morgan fingerprint density at radius 2 is 0.710 bits per heavy atom. The van der Waals surface area contributed by atoms with Crippen LogP contribution < -0.4 is 18.1 Å². The number of rotatable bonds is 10. The van der Waals surface area contributed by atoms with Crippen LogP contribution in [0.15, 0.2) is 93.3 Å². The van der Waals surface area contributed by atoms with Gasteiger partial charge in [-0.3, -0.25) is 0 Å². The predicted molar refractivity (Wildman–Crippen MR) is 262 cm³/mol. The molecule has 0 fully saturated rings. The maximum absolute atomic E-state index is 6.71. The molecule has 7 rings (SSSR count). The van der Waals surface area contributed by atoms with Gasteiger partial charge in [-0.25, -0.2) is 0 Å². The van der Waals surface area contributed by atoms with Crippen molar-refractivity contribution < 1.29 is 26.5 Å². The lowest BCUT2D eigenvalue weighted by Gasteiger charge is -2.21. The first-order valence-corrected chi connectivity index (χ1v) is 23.8. The van der Waals surface area contributed by atoms with E-state index in [1.807, 2.05) is 63.2 Å². The van der Waals surface area contributed by atoms with Gasteiger partial charge < -0.3 is 26.5 Å². The second-order valence-electron chi connectivity index (χ2n) is 17.6. The van der Waals surface area contributed by atoms with Gasteiger partial charge in [0.1, 0.15) is 34.2 Å². The lowest BCUT2D eigenvalue weighted by Crippen LogP contribution is -2.05. The molecule has 62 heavy (non-hydrogen) atoms. The predicted octanol–water partition coefficient (Wildman–Crippen LogP) is 17.5. The largest absolute Gasteiger partial charge is 0.530 e. The molecular weight excluding hydrogens is 807 g/mol. The van der Waals surface area contributed by atoms with E-state index in [-0.39, 0.29) is 0 Å². The van der Waals surface area contributed by atoms with Crippen molar-refractivity contribution in [2.45, 2.75) is 123 Å². The van der Waals surface area contributed by atoms with Gasteiger partial charge >= 0.3 is 16.8 Å². The summed E-state index contributed by atoms with van der Waals surface area (Å²) in [5, 5.41) is 2.30. The molecule has 0 unspecified atom stereocenters. The van der Waals surface area contributed by atoms with E-state index in [0.717, 1.165) is 67.2 Å². The Balaban J connectivity index is 0.000000211. The van der Waals surface area contributed by atoms with Crippen LogP contribution >= 0.6 is 16.8 Å². The Morgan fingerprint density at radius 1 is 0.403 bits per heavy atom. The average Bonchev–Trinajstić information content (AvgIpc) is 3.36. The molecule has 6 nitrogen and oxygen atoms in total. The number of aryl methyl sites for hydroxylation is 12. The zero-order chi connectivity index (χ0) is 45.2. The van der Waals surface area contributed by atoms with Crippen molar-refractivity contribution in [1.29, 1.82) is 0 Å². The van der Waals surface area contributed by atoms with Gasteiger partial charge in [-0.15, -0.1) is 0 Å². The quantitative estimate of drug-likeness (QED) is 0.128. The molecule has 1 aromatic heterocycles. The summed E-state index contributed by atoms with van der Waals surface area (Å²) >= 11 is 0. The summed E-state index contributed by atoms with van der Waals surface area (Å²) in [7, 11) is -3.37. The van der Waals surface area contributed by atoms with Crippen LogP contribution in [0, 0.1) is 83.1 Å². The molecule has 8 heteroatoms. The first-order chi connectivity index (χ1) is 29.3. The van der Waals surface area contributed by atoms with E-state index in [9.17, 15) is 0 Å². The fraction of sp³-hybridized carbons (Fsp3) is 0.333.